The summed E-state index contributed by atoms with van der Waals surface area (Å²) in [6.07, 6.45) is 1.91. The molecule has 0 atom stereocenters. The van der Waals surface area contributed by atoms with Crippen LogP contribution in [0, 0.1) is 0 Å². The van der Waals surface area contributed by atoms with E-state index < -0.39 is 24.3 Å². The molecule has 1 aromatic heterocycles. The predicted octanol–water partition coefficient (Wildman–Crippen LogP) is 0.0732. The molecular weight excluding hydrogens is 272 g/mol. The maximum absolute atomic E-state index is 11.6. The van der Waals surface area contributed by atoms with Gasteiger partial charge >= 0.3 is 5.97 Å². The third kappa shape index (κ3) is 5.47. The van der Waals surface area contributed by atoms with Crippen LogP contribution in [0.15, 0.2) is 16.5 Å². The van der Waals surface area contributed by atoms with Gasteiger partial charge in [0.25, 0.3) is 5.91 Å². The van der Waals surface area contributed by atoms with Crippen LogP contribution in [0.2, 0.25) is 0 Å². The van der Waals surface area contributed by atoms with Crippen LogP contribution in [0.4, 0.5) is 0 Å². The van der Waals surface area contributed by atoms with Crippen molar-refractivity contribution in [2.24, 2.45) is 0 Å². The summed E-state index contributed by atoms with van der Waals surface area (Å²) in [7, 11) is 0. The van der Waals surface area contributed by atoms with Crippen molar-refractivity contribution >= 4 is 29.5 Å². The third-order valence-corrected chi connectivity index (χ3v) is 2.59. The number of carbonyl (C=O) groups is 3. The molecule has 3 N–H and O–H groups in total. The van der Waals surface area contributed by atoms with Gasteiger partial charge in [-0.15, -0.1) is 0 Å². The smallest absolute Gasteiger partial charge is 0.322 e. The van der Waals surface area contributed by atoms with Gasteiger partial charge in [-0.3, -0.25) is 14.4 Å². The molecule has 8 heteroatoms. The molecule has 104 valence electrons. The molecule has 1 aromatic rings. The average Bonchev–Trinajstić information content (AvgIpc) is 2.82. The molecule has 0 aromatic carbocycles. The normalized spacial score (nSPS) is 9.95. The van der Waals surface area contributed by atoms with E-state index >= 15 is 0 Å². The lowest BCUT2D eigenvalue weighted by Gasteiger charge is -2.03. The van der Waals surface area contributed by atoms with Crippen molar-refractivity contribution in [2.75, 3.05) is 19.3 Å². The minimum absolute atomic E-state index is 0.120. The highest BCUT2D eigenvalue weighted by Crippen LogP contribution is 2.13. The number of carbonyl (C=O) groups excluding carboxylic acids is 2. The van der Waals surface area contributed by atoms with E-state index in [1.807, 2.05) is 6.26 Å². The number of hydrogen-bond donors (Lipinski definition) is 3. The predicted molar refractivity (Wildman–Crippen MR) is 68.9 cm³/mol. The summed E-state index contributed by atoms with van der Waals surface area (Å²) in [5.74, 6) is -0.785. The summed E-state index contributed by atoms with van der Waals surface area (Å²) in [4.78, 5) is 33.0. The molecule has 0 aliphatic carbocycles. The molecule has 0 saturated heterocycles. The largest absolute Gasteiger partial charge is 0.480 e. The Labute approximate surface area is 113 Å². The molecule has 1 rings (SSSR count). The molecule has 0 bridgehead atoms. The first-order valence-electron chi connectivity index (χ1n) is 5.37. The Bertz CT molecular complexity index is 471. The van der Waals surface area contributed by atoms with Crippen molar-refractivity contribution in [2.45, 2.75) is 5.75 Å². The fourth-order valence-electron chi connectivity index (χ4n) is 1.20. The molecule has 19 heavy (non-hydrogen) atoms. The summed E-state index contributed by atoms with van der Waals surface area (Å²) in [6, 6.07) is 3.21. The summed E-state index contributed by atoms with van der Waals surface area (Å²) < 4.78 is 5.26. The average molecular weight is 286 g/mol. The van der Waals surface area contributed by atoms with Crippen LogP contribution in [0.25, 0.3) is 0 Å². The fraction of sp³-hybridized carbons (Fsp3) is 0.364. The quantitative estimate of drug-likeness (QED) is 0.654. The zero-order valence-corrected chi connectivity index (χ0v) is 11.1. The molecule has 1 heterocycles. The summed E-state index contributed by atoms with van der Waals surface area (Å²) >= 11 is 1.56. The number of carboxylic acid groups (broad SMARTS) is 1. The highest BCUT2D eigenvalue weighted by molar-refractivity contribution is 7.97. The first-order chi connectivity index (χ1) is 9.02. The number of thioether (sulfide) groups is 1. The Morgan fingerprint density at radius 3 is 2.63 bits per heavy atom. The van der Waals surface area contributed by atoms with Gasteiger partial charge in [-0.1, -0.05) is 0 Å². The summed E-state index contributed by atoms with van der Waals surface area (Å²) in [5.41, 5.74) is 0. The number of amides is 2. The van der Waals surface area contributed by atoms with E-state index in [1.165, 1.54) is 6.07 Å². The Morgan fingerprint density at radius 2 is 2.00 bits per heavy atom. The van der Waals surface area contributed by atoms with Gasteiger partial charge in [-0.25, -0.2) is 0 Å². The number of aliphatic carboxylic acids is 1. The zero-order chi connectivity index (χ0) is 14.3. The maximum Gasteiger partial charge on any atom is 0.322 e. The Kier molecular flexibility index (Phi) is 5.94. The highest BCUT2D eigenvalue weighted by atomic mass is 32.2. The van der Waals surface area contributed by atoms with Crippen LogP contribution >= 0.6 is 11.8 Å². The minimum Gasteiger partial charge on any atom is -0.480 e. The van der Waals surface area contributed by atoms with Crippen molar-refractivity contribution in [3.8, 4) is 0 Å². The second-order valence-electron chi connectivity index (χ2n) is 3.55. The van der Waals surface area contributed by atoms with Crippen LogP contribution in [0.3, 0.4) is 0 Å². The van der Waals surface area contributed by atoms with E-state index in [-0.39, 0.29) is 12.3 Å². The summed E-state index contributed by atoms with van der Waals surface area (Å²) in [5, 5.41) is 12.8. The molecule has 0 unspecified atom stereocenters. The van der Waals surface area contributed by atoms with Gasteiger partial charge in [0, 0.05) is 0 Å². The second kappa shape index (κ2) is 7.47. The van der Waals surface area contributed by atoms with Crippen molar-refractivity contribution in [1.29, 1.82) is 0 Å². The van der Waals surface area contributed by atoms with Crippen LogP contribution < -0.4 is 10.6 Å². The maximum atomic E-state index is 11.6. The lowest BCUT2D eigenvalue weighted by Crippen LogP contribution is -2.38. The molecule has 0 radical (unpaired) electrons. The summed E-state index contributed by atoms with van der Waals surface area (Å²) in [6.45, 7) is -0.780. The fourth-order valence-corrected chi connectivity index (χ4v) is 1.64. The van der Waals surface area contributed by atoms with Gasteiger partial charge in [0.15, 0.2) is 5.76 Å². The number of rotatable bonds is 7. The molecule has 0 spiro atoms. The lowest BCUT2D eigenvalue weighted by atomic mass is 10.4. The number of furan rings is 1. The van der Waals surface area contributed by atoms with Gasteiger partial charge in [-0.2, -0.15) is 11.8 Å². The van der Waals surface area contributed by atoms with Gasteiger partial charge in [0.2, 0.25) is 5.91 Å². The van der Waals surface area contributed by atoms with Crippen molar-refractivity contribution in [1.82, 2.24) is 10.6 Å². The molecule has 2 amide bonds. The van der Waals surface area contributed by atoms with E-state index in [2.05, 4.69) is 10.6 Å². The Morgan fingerprint density at radius 1 is 1.26 bits per heavy atom. The standard InChI is InChI=1S/C11H14N2O5S/c1-19-6-7-2-3-8(18-7)11(17)13-4-9(14)12-5-10(15)16/h2-3H,4-6H2,1H3,(H,12,14)(H,13,17)(H,15,16). The van der Waals surface area contributed by atoms with Crippen molar-refractivity contribution in [3.63, 3.8) is 0 Å². The first kappa shape index (κ1) is 15.1. The van der Waals surface area contributed by atoms with Gasteiger partial charge in [0.1, 0.15) is 12.3 Å². The number of hydrogen-bond acceptors (Lipinski definition) is 5. The van der Waals surface area contributed by atoms with Crippen LogP contribution in [-0.2, 0) is 15.3 Å². The Hall–Kier alpha value is -1.96. The molecule has 7 nitrogen and oxygen atoms in total. The molecule has 0 aliphatic heterocycles. The van der Waals surface area contributed by atoms with E-state index in [1.54, 1.807) is 17.8 Å². The van der Waals surface area contributed by atoms with Crippen LogP contribution in [0.1, 0.15) is 16.3 Å². The SMILES string of the molecule is CSCc1ccc(C(=O)NCC(=O)NCC(=O)O)o1. The van der Waals surface area contributed by atoms with Crippen molar-refractivity contribution in [3.05, 3.63) is 23.7 Å². The third-order valence-electron chi connectivity index (χ3n) is 2.02. The number of carboxylic acids is 1. The van der Waals surface area contributed by atoms with Crippen LogP contribution in [-0.4, -0.2) is 42.2 Å². The highest BCUT2D eigenvalue weighted by Gasteiger charge is 2.12. The topological polar surface area (TPSA) is 109 Å². The van der Waals surface area contributed by atoms with Crippen molar-refractivity contribution < 1.29 is 23.9 Å². The molecule has 0 fully saturated rings. The first-order valence-corrected chi connectivity index (χ1v) is 6.76. The van der Waals surface area contributed by atoms with Gasteiger partial charge < -0.3 is 20.2 Å². The minimum atomic E-state index is -1.15. The Balaban J connectivity index is 2.37. The van der Waals surface area contributed by atoms with E-state index in [0.29, 0.717) is 11.5 Å². The monoisotopic (exact) mass is 286 g/mol. The van der Waals surface area contributed by atoms with E-state index in [9.17, 15) is 14.4 Å². The molecular formula is C11H14N2O5S. The number of nitrogens with one attached hydrogen (secondary N) is 2. The second-order valence-corrected chi connectivity index (χ2v) is 4.42. The van der Waals surface area contributed by atoms with Crippen LogP contribution in [0.5, 0.6) is 0 Å². The van der Waals surface area contributed by atoms with E-state index in [4.69, 9.17) is 9.52 Å². The zero-order valence-electron chi connectivity index (χ0n) is 10.3. The van der Waals surface area contributed by atoms with E-state index in [0.717, 1.165) is 0 Å². The molecule has 0 aliphatic rings. The molecule has 0 saturated carbocycles. The lowest BCUT2D eigenvalue weighted by molar-refractivity contribution is -0.137. The van der Waals surface area contributed by atoms with Gasteiger partial charge in [-0.05, 0) is 18.4 Å². The van der Waals surface area contributed by atoms with Gasteiger partial charge in [0.05, 0.1) is 12.3 Å².